The number of para-hydroxylation sites is 1. The van der Waals surface area contributed by atoms with Crippen molar-refractivity contribution in [3.8, 4) is 17.3 Å². The molecule has 0 saturated carbocycles. The maximum absolute atomic E-state index is 12.5. The van der Waals surface area contributed by atoms with Gasteiger partial charge in [0, 0.05) is 5.39 Å². The van der Waals surface area contributed by atoms with Crippen molar-refractivity contribution in [2.45, 2.75) is 0 Å². The van der Waals surface area contributed by atoms with Crippen LogP contribution in [0, 0.1) is 0 Å². The molecule has 1 amide bonds. The van der Waals surface area contributed by atoms with Crippen LogP contribution in [0.25, 0.3) is 16.5 Å². The normalized spacial score (nSPS) is 11.1. The Morgan fingerprint density at radius 2 is 1.68 bits per heavy atom. The van der Waals surface area contributed by atoms with E-state index in [4.69, 9.17) is 0 Å². The van der Waals surface area contributed by atoms with Crippen LogP contribution in [0.15, 0.2) is 81.4 Å². The largest absolute Gasteiger partial charge is 0.507 e. The van der Waals surface area contributed by atoms with Crippen LogP contribution in [-0.4, -0.2) is 31.9 Å². The number of aromatic hydroxyl groups is 2. The Hall–Kier alpha value is -4.66. The van der Waals surface area contributed by atoms with Gasteiger partial charge < -0.3 is 10.2 Å². The second kappa shape index (κ2) is 7.99. The van der Waals surface area contributed by atoms with Crippen molar-refractivity contribution in [1.82, 2.24) is 15.0 Å². The monoisotopic (exact) mass is 416 g/mol. The van der Waals surface area contributed by atoms with E-state index >= 15 is 0 Å². The lowest BCUT2D eigenvalue weighted by atomic mass is 10.1. The van der Waals surface area contributed by atoms with Gasteiger partial charge in [-0.05, 0) is 23.6 Å². The first-order valence-corrected chi connectivity index (χ1v) is 9.15. The third-order valence-electron chi connectivity index (χ3n) is 4.64. The maximum atomic E-state index is 12.5. The number of H-pyrrole nitrogens is 1. The van der Waals surface area contributed by atoms with Crippen molar-refractivity contribution in [3.63, 3.8) is 0 Å². The molecular weight excluding hydrogens is 400 g/mol. The molecule has 0 radical (unpaired) electrons. The number of fused-ring (bicyclic) bond motifs is 1. The minimum Gasteiger partial charge on any atom is -0.507 e. The van der Waals surface area contributed by atoms with Crippen molar-refractivity contribution >= 4 is 22.9 Å². The molecule has 4 aromatic rings. The number of rotatable bonds is 4. The number of phenolic OH excluding ortho intramolecular Hbond substituents is 1. The Balaban J connectivity index is 1.74. The van der Waals surface area contributed by atoms with Crippen LogP contribution in [0.2, 0.25) is 0 Å². The molecule has 1 heterocycles. The van der Waals surface area contributed by atoms with E-state index in [1.54, 1.807) is 36.4 Å². The van der Waals surface area contributed by atoms with Crippen LogP contribution < -0.4 is 16.7 Å². The molecule has 4 rings (SSSR count). The van der Waals surface area contributed by atoms with Crippen LogP contribution in [0.3, 0.4) is 0 Å². The maximum Gasteiger partial charge on any atom is 0.335 e. The summed E-state index contributed by atoms with van der Waals surface area (Å²) in [6.45, 7) is 0. The van der Waals surface area contributed by atoms with Gasteiger partial charge in [0.1, 0.15) is 11.3 Å². The molecule has 0 fully saturated rings. The van der Waals surface area contributed by atoms with Crippen LogP contribution in [0.1, 0.15) is 15.9 Å². The lowest BCUT2D eigenvalue weighted by Gasteiger charge is -2.12. The van der Waals surface area contributed by atoms with Crippen LogP contribution in [0.4, 0.5) is 0 Å². The molecule has 0 spiro atoms. The summed E-state index contributed by atoms with van der Waals surface area (Å²) < 4.78 is 0.954. The van der Waals surface area contributed by atoms with E-state index in [2.05, 4.69) is 15.5 Å². The molecule has 4 N–H and O–H groups in total. The summed E-state index contributed by atoms with van der Waals surface area (Å²) in [5.41, 5.74) is 0.487. The first-order chi connectivity index (χ1) is 15.0. The van der Waals surface area contributed by atoms with E-state index in [9.17, 15) is 24.6 Å². The number of amides is 1. The van der Waals surface area contributed by atoms with Crippen molar-refractivity contribution in [2.75, 3.05) is 0 Å². The zero-order valence-electron chi connectivity index (χ0n) is 15.9. The lowest BCUT2D eigenvalue weighted by Crippen LogP contribution is -2.31. The molecular formula is C22H16N4O5. The molecule has 0 aliphatic heterocycles. The Morgan fingerprint density at radius 3 is 2.48 bits per heavy atom. The molecule has 0 saturated heterocycles. The van der Waals surface area contributed by atoms with E-state index in [1.807, 2.05) is 18.2 Å². The van der Waals surface area contributed by atoms with E-state index in [1.165, 1.54) is 12.1 Å². The van der Waals surface area contributed by atoms with Gasteiger partial charge in [-0.25, -0.2) is 14.8 Å². The number of phenols is 1. The second-order valence-corrected chi connectivity index (χ2v) is 6.55. The third-order valence-corrected chi connectivity index (χ3v) is 4.64. The van der Waals surface area contributed by atoms with Gasteiger partial charge in [0.05, 0.1) is 17.5 Å². The summed E-state index contributed by atoms with van der Waals surface area (Å²) in [6, 6.07) is 18.3. The molecule has 1 aromatic heterocycles. The minimum atomic E-state index is -0.875. The number of aromatic nitrogens is 2. The average molecular weight is 416 g/mol. The number of carbonyl (C=O) groups excluding carboxylic acids is 1. The van der Waals surface area contributed by atoms with Crippen LogP contribution in [0.5, 0.6) is 11.6 Å². The van der Waals surface area contributed by atoms with Crippen molar-refractivity contribution in [1.29, 1.82) is 0 Å². The summed E-state index contributed by atoms with van der Waals surface area (Å²) in [6.07, 6.45) is 0.924. The lowest BCUT2D eigenvalue weighted by molar-refractivity contribution is 0.0952. The van der Waals surface area contributed by atoms with Crippen molar-refractivity contribution in [2.24, 2.45) is 5.10 Å². The third kappa shape index (κ3) is 3.67. The minimum absolute atomic E-state index is 0.0153. The summed E-state index contributed by atoms with van der Waals surface area (Å²) in [7, 11) is 0. The van der Waals surface area contributed by atoms with E-state index < -0.39 is 23.0 Å². The number of aromatic amines is 1. The number of hydrazone groups is 1. The average Bonchev–Trinajstić information content (AvgIpc) is 2.76. The second-order valence-electron chi connectivity index (χ2n) is 6.55. The summed E-state index contributed by atoms with van der Waals surface area (Å²) in [4.78, 5) is 39.0. The molecule has 154 valence electrons. The molecule has 0 bridgehead atoms. The van der Waals surface area contributed by atoms with Gasteiger partial charge in [0.15, 0.2) is 0 Å². The fourth-order valence-corrected chi connectivity index (χ4v) is 3.16. The van der Waals surface area contributed by atoms with Gasteiger partial charge in [-0.15, -0.1) is 0 Å². The number of nitrogens with zero attached hydrogens (tertiary/aromatic N) is 2. The van der Waals surface area contributed by atoms with E-state index in [0.29, 0.717) is 11.1 Å². The SMILES string of the molecule is O=C(NN=Cc1c(O)n(-c2cccc3ccccc23)c(=O)[nH]c1=O)c1ccccc1O. The van der Waals surface area contributed by atoms with E-state index in [0.717, 1.165) is 16.2 Å². The number of carbonyl (C=O) groups is 1. The van der Waals surface area contributed by atoms with Gasteiger partial charge in [-0.2, -0.15) is 5.10 Å². The van der Waals surface area contributed by atoms with Crippen LogP contribution in [-0.2, 0) is 0 Å². The van der Waals surface area contributed by atoms with Crippen LogP contribution >= 0.6 is 0 Å². The Bertz CT molecular complexity index is 1450. The van der Waals surface area contributed by atoms with Gasteiger partial charge >= 0.3 is 5.69 Å². The van der Waals surface area contributed by atoms with Crippen molar-refractivity contribution in [3.05, 3.63) is 98.7 Å². The predicted octanol–water partition coefficient (Wildman–Crippen LogP) is 1.85. The topological polar surface area (TPSA) is 137 Å². The number of benzene rings is 3. The standard InChI is InChI=1S/C22H16N4O5/c27-18-11-4-3-9-15(18)20(29)25-23-12-16-19(28)24-22(31)26(21(16)30)17-10-5-7-13-6-1-2-8-14(13)17/h1-12,27,30H,(H,25,29)(H,24,28,31). The molecule has 9 heteroatoms. The highest BCUT2D eigenvalue weighted by molar-refractivity contribution is 5.97. The van der Waals surface area contributed by atoms with E-state index in [-0.39, 0.29) is 16.9 Å². The van der Waals surface area contributed by atoms with Gasteiger partial charge in [0.25, 0.3) is 11.5 Å². The first kappa shape index (κ1) is 19.6. The van der Waals surface area contributed by atoms with Gasteiger partial charge in [-0.1, -0.05) is 48.5 Å². The quantitative estimate of drug-likeness (QED) is 0.297. The van der Waals surface area contributed by atoms with Crippen molar-refractivity contribution < 1.29 is 15.0 Å². The number of nitrogens with one attached hydrogen (secondary N) is 2. The molecule has 0 aliphatic rings. The fraction of sp³-hybridized carbons (Fsp3) is 0. The Labute approximate surface area is 174 Å². The smallest absolute Gasteiger partial charge is 0.335 e. The first-order valence-electron chi connectivity index (χ1n) is 9.15. The summed E-state index contributed by atoms with van der Waals surface area (Å²) in [5.74, 6) is -1.58. The molecule has 31 heavy (non-hydrogen) atoms. The molecule has 3 aromatic carbocycles. The Morgan fingerprint density at radius 1 is 0.968 bits per heavy atom. The highest BCUT2D eigenvalue weighted by atomic mass is 16.3. The summed E-state index contributed by atoms with van der Waals surface area (Å²) >= 11 is 0. The predicted molar refractivity (Wildman–Crippen MR) is 115 cm³/mol. The molecule has 0 atom stereocenters. The molecule has 0 unspecified atom stereocenters. The summed E-state index contributed by atoms with van der Waals surface area (Å²) in [5, 5.41) is 25.6. The van der Waals surface area contributed by atoms with Gasteiger partial charge in [-0.3, -0.25) is 14.6 Å². The Kier molecular flexibility index (Phi) is 5.07. The number of hydrogen-bond acceptors (Lipinski definition) is 6. The zero-order valence-corrected chi connectivity index (χ0v) is 15.9. The number of hydrogen-bond donors (Lipinski definition) is 4. The highest BCUT2D eigenvalue weighted by Crippen LogP contribution is 2.24. The molecule has 0 aliphatic carbocycles. The highest BCUT2D eigenvalue weighted by Gasteiger charge is 2.16. The van der Waals surface area contributed by atoms with Gasteiger partial charge in [0.2, 0.25) is 5.88 Å². The fourth-order valence-electron chi connectivity index (χ4n) is 3.16. The molecule has 9 nitrogen and oxygen atoms in total. The zero-order chi connectivity index (χ0) is 22.0.